The van der Waals surface area contributed by atoms with Crippen LogP contribution in [-0.2, 0) is 30.3 Å². The first-order valence-corrected chi connectivity index (χ1v) is 9.02. The van der Waals surface area contributed by atoms with Crippen molar-refractivity contribution in [3.05, 3.63) is 35.9 Å². The van der Waals surface area contributed by atoms with E-state index in [1.165, 1.54) is 0 Å². The van der Waals surface area contributed by atoms with Crippen molar-refractivity contribution < 1.29 is 23.8 Å². The van der Waals surface area contributed by atoms with Gasteiger partial charge in [0.2, 0.25) is 5.91 Å². The SMILES string of the molecule is CO[C@@H]1C(=O)CC[C@]2(CO2)[C@H]1C(C)(C)OCC(=O)NCc1ccccc1. The van der Waals surface area contributed by atoms with E-state index in [-0.39, 0.29) is 29.8 Å². The molecule has 1 amide bonds. The van der Waals surface area contributed by atoms with Crippen LogP contribution in [-0.4, -0.2) is 49.3 Å². The number of hydrogen-bond acceptors (Lipinski definition) is 5. The van der Waals surface area contributed by atoms with Crippen LogP contribution in [0.3, 0.4) is 0 Å². The van der Waals surface area contributed by atoms with Gasteiger partial charge in [-0.25, -0.2) is 0 Å². The fourth-order valence-electron chi connectivity index (χ4n) is 3.97. The first-order chi connectivity index (χ1) is 12.4. The lowest BCUT2D eigenvalue weighted by Crippen LogP contribution is -2.57. The number of Topliss-reactive ketones (excluding diaryl/α,β-unsaturated/α-hetero) is 1. The lowest BCUT2D eigenvalue weighted by atomic mass is 9.68. The smallest absolute Gasteiger partial charge is 0.246 e. The van der Waals surface area contributed by atoms with Gasteiger partial charge in [0.1, 0.15) is 18.3 Å². The first kappa shape index (κ1) is 19.0. The fourth-order valence-corrected chi connectivity index (χ4v) is 3.97. The van der Waals surface area contributed by atoms with Crippen molar-refractivity contribution in [1.82, 2.24) is 5.32 Å². The van der Waals surface area contributed by atoms with Gasteiger partial charge in [-0.15, -0.1) is 0 Å². The summed E-state index contributed by atoms with van der Waals surface area (Å²) in [5.74, 6) is -0.351. The molecule has 6 nitrogen and oxygen atoms in total. The van der Waals surface area contributed by atoms with Crippen molar-refractivity contribution in [2.45, 2.75) is 50.5 Å². The molecule has 1 spiro atoms. The van der Waals surface area contributed by atoms with Gasteiger partial charge in [-0.2, -0.15) is 0 Å². The van der Waals surface area contributed by atoms with Crippen LogP contribution in [0.1, 0.15) is 32.3 Å². The molecule has 1 N–H and O–H groups in total. The molecule has 1 heterocycles. The molecule has 3 atom stereocenters. The van der Waals surface area contributed by atoms with Crippen LogP contribution in [0.15, 0.2) is 30.3 Å². The number of amides is 1. The molecule has 2 fully saturated rings. The minimum atomic E-state index is -0.725. The number of benzene rings is 1. The molecule has 1 aliphatic heterocycles. The predicted molar refractivity (Wildman–Crippen MR) is 95.5 cm³/mol. The number of rotatable bonds is 7. The molecular formula is C20H27NO5. The van der Waals surface area contributed by atoms with Crippen molar-refractivity contribution in [2.75, 3.05) is 20.3 Å². The molecule has 0 radical (unpaired) electrons. The van der Waals surface area contributed by atoms with Gasteiger partial charge in [-0.05, 0) is 25.8 Å². The zero-order chi connectivity index (χ0) is 18.8. The van der Waals surface area contributed by atoms with Gasteiger partial charge in [0.25, 0.3) is 0 Å². The number of ether oxygens (including phenoxy) is 3. The maximum absolute atomic E-state index is 12.3. The summed E-state index contributed by atoms with van der Waals surface area (Å²) in [5, 5.41) is 2.85. The molecule has 1 saturated heterocycles. The highest BCUT2D eigenvalue weighted by Gasteiger charge is 2.63. The standard InChI is InChI=1S/C20H27NO5/c1-19(2,18-17(24-3)15(22)9-10-20(18)13-26-20)25-12-16(23)21-11-14-7-5-4-6-8-14/h4-8,17-18H,9-13H2,1-3H3,(H,21,23)/t17-,18-,20+/m1/s1. The summed E-state index contributed by atoms with van der Waals surface area (Å²) in [6.45, 7) is 4.79. The molecule has 0 unspecified atom stereocenters. The molecule has 3 rings (SSSR count). The van der Waals surface area contributed by atoms with Crippen molar-refractivity contribution in [3.8, 4) is 0 Å². The Hall–Kier alpha value is -1.76. The topological polar surface area (TPSA) is 77.2 Å². The van der Waals surface area contributed by atoms with E-state index in [1.54, 1.807) is 7.11 Å². The Balaban J connectivity index is 1.58. The molecule has 1 aliphatic carbocycles. The van der Waals surface area contributed by atoms with Crippen LogP contribution in [0.25, 0.3) is 0 Å². The van der Waals surface area contributed by atoms with E-state index in [4.69, 9.17) is 14.2 Å². The Morgan fingerprint density at radius 2 is 2.04 bits per heavy atom. The average Bonchev–Trinajstić information content (AvgIpc) is 3.41. The Morgan fingerprint density at radius 1 is 1.35 bits per heavy atom. The zero-order valence-electron chi connectivity index (χ0n) is 15.6. The third-order valence-electron chi connectivity index (χ3n) is 5.41. The monoisotopic (exact) mass is 361 g/mol. The summed E-state index contributed by atoms with van der Waals surface area (Å²) >= 11 is 0. The molecule has 0 aromatic heterocycles. The fraction of sp³-hybridized carbons (Fsp3) is 0.600. The number of ketones is 1. The summed E-state index contributed by atoms with van der Waals surface area (Å²) in [7, 11) is 1.54. The lowest BCUT2D eigenvalue weighted by Gasteiger charge is -2.44. The van der Waals surface area contributed by atoms with E-state index in [0.717, 1.165) is 5.56 Å². The van der Waals surface area contributed by atoms with E-state index in [2.05, 4.69) is 5.32 Å². The Kier molecular flexibility index (Phi) is 5.46. The second-order valence-corrected chi connectivity index (χ2v) is 7.61. The van der Waals surface area contributed by atoms with Gasteiger partial charge < -0.3 is 19.5 Å². The number of epoxide rings is 1. The molecule has 142 valence electrons. The molecule has 2 aliphatic rings. The van der Waals surface area contributed by atoms with Crippen LogP contribution in [0, 0.1) is 5.92 Å². The van der Waals surface area contributed by atoms with E-state index in [0.29, 0.717) is 26.0 Å². The van der Waals surface area contributed by atoms with Gasteiger partial charge in [0.15, 0.2) is 5.78 Å². The summed E-state index contributed by atoms with van der Waals surface area (Å²) < 4.78 is 17.1. The van der Waals surface area contributed by atoms with Crippen molar-refractivity contribution in [3.63, 3.8) is 0 Å². The molecular weight excluding hydrogens is 334 g/mol. The highest BCUT2D eigenvalue weighted by atomic mass is 16.6. The highest BCUT2D eigenvalue weighted by Crippen LogP contribution is 2.51. The number of nitrogens with one attached hydrogen (secondary N) is 1. The summed E-state index contributed by atoms with van der Waals surface area (Å²) in [5.41, 5.74) is -0.0570. The first-order valence-electron chi connectivity index (χ1n) is 9.02. The number of methoxy groups -OCH3 is 1. The van der Waals surface area contributed by atoms with Gasteiger partial charge in [-0.1, -0.05) is 30.3 Å². The van der Waals surface area contributed by atoms with Crippen molar-refractivity contribution >= 4 is 11.7 Å². The van der Waals surface area contributed by atoms with Gasteiger partial charge in [-0.3, -0.25) is 9.59 Å². The maximum Gasteiger partial charge on any atom is 0.246 e. The van der Waals surface area contributed by atoms with Gasteiger partial charge in [0, 0.05) is 20.1 Å². The minimum Gasteiger partial charge on any atom is -0.373 e. The molecule has 0 bridgehead atoms. The number of hydrogen-bond donors (Lipinski definition) is 1. The minimum absolute atomic E-state index is 0.0724. The van der Waals surface area contributed by atoms with Crippen LogP contribution >= 0.6 is 0 Å². The summed E-state index contributed by atoms with van der Waals surface area (Å²) in [6, 6.07) is 9.71. The second kappa shape index (κ2) is 7.47. The van der Waals surface area contributed by atoms with E-state index in [9.17, 15) is 9.59 Å². The molecule has 1 saturated carbocycles. The van der Waals surface area contributed by atoms with Crippen LogP contribution < -0.4 is 5.32 Å². The second-order valence-electron chi connectivity index (χ2n) is 7.61. The predicted octanol–water partition coefficient (Wildman–Crippen LogP) is 1.86. The zero-order valence-corrected chi connectivity index (χ0v) is 15.6. The lowest BCUT2D eigenvalue weighted by molar-refractivity contribution is -0.167. The van der Waals surface area contributed by atoms with Gasteiger partial charge in [0.05, 0.1) is 18.1 Å². The Morgan fingerprint density at radius 3 is 2.65 bits per heavy atom. The molecule has 1 aromatic carbocycles. The quantitative estimate of drug-likeness (QED) is 0.750. The van der Waals surface area contributed by atoms with Gasteiger partial charge >= 0.3 is 0 Å². The Labute approximate surface area is 154 Å². The molecule has 26 heavy (non-hydrogen) atoms. The highest BCUT2D eigenvalue weighted by molar-refractivity contribution is 5.85. The van der Waals surface area contributed by atoms with E-state index in [1.807, 2.05) is 44.2 Å². The number of carbonyl (C=O) groups excluding carboxylic acids is 2. The van der Waals surface area contributed by atoms with Crippen LogP contribution in [0.4, 0.5) is 0 Å². The van der Waals surface area contributed by atoms with Crippen LogP contribution in [0.2, 0.25) is 0 Å². The third-order valence-corrected chi connectivity index (χ3v) is 5.41. The van der Waals surface area contributed by atoms with Crippen molar-refractivity contribution in [2.24, 2.45) is 5.92 Å². The third kappa shape index (κ3) is 3.98. The summed E-state index contributed by atoms with van der Waals surface area (Å²) in [6.07, 6.45) is 0.583. The average molecular weight is 361 g/mol. The van der Waals surface area contributed by atoms with E-state index < -0.39 is 11.7 Å². The normalized spacial score (nSPS) is 28.2. The largest absolute Gasteiger partial charge is 0.373 e. The molecule has 6 heteroatoms. The van der Waals surface area contributed by atoms with Crippen LogP contribution in [0.5, 0.6) is 0 Å². The number of carbonyl (C=O) groups is 2. The maximum atomic E-state index is 12.3. The summed E-state index contributed by atoms with van der Waals surface area (Å²) in [4.78, 5) is 24.5. The van der Waals surface area contributed by atoms with Crippen molar-refractivity contribution in [1.29, 1.82) is 0 Å². The van der Waals surface area contributed by atoms with E-state index >= 15 is 0 Å². The molecule has 1 aromatic rings. The Bertz CT molecular complexity index is 653.